The fourth-order valence-corrected chi connectivity index (χ4v) is 2.40. The summed E-state index contributed by atoms with van der Waals surface area (Å²) in [6.07, 6.45) is 0.995. The summed E-state index contributed by atoms with van der Waals surface area (Å²) in [5, 5.41) is 5.57. The van der Waals surface area contributed by atoms with Crippen LogP contribution in [0.1, 0.15) is 48.0 Å². The van der Waals surface area contributed by atoms with Crippen LogP contribution in [0.4, 0.5) is 0 Å². The monoisotopic (exact) mass is 236 g/mol. The summed E-state index contributed by atoms with van der Waals surface area (Å²) in [4.78, 5) is 2.89. The third-order valence-electron chi connectivity index (χ3n) is 3.30. The first-order chi connectivity index (χ1) is 7.66. The fourth-order valence-electron chi connectivity index (χ4n) is 2.40. The van der Waals surface area contributed by atoms with Gasteiger partial charge in [-0.15, -0.1) is 5.53 Å². The molecule has 4 heteroatoms. The molecule has 0 radical (unpaired) electrons. The number of hydrogen-bond acceptors (Lipinski definition) is 1. The van der Waals surface area contributed by atoms with E-state index in [4.69, 9.17) is 5.53 Å². The van der Waals surface area contributed by atoms with Crippen molar-refractivity contribution in [2.24, 2.45) is 16.1 Å². The molecule has 0 aromatic heterocycles. The van der Waals surface area contributed by atoms with Gasteiger partial charge in [0, 0.05) is 6.42 Å². The maximum absolute atomic E-state index is 8.53. The zero-order valence-corrected chi connectivity index (χ0v) is 11.9. The quantitative estimate of drug-likeness (QED) is 0.290. The Kier molecular flexibility index (Phi) is 3.78. The fraction of sp³-hybridized carbons (Fsp3) is 0.846. The Balaban J connectivity index is 3.15. The summed E-state index contributed by atoms with van der Waals surface area (Å²) in [6.45, 7) is 15.1. The maximum atomic E-state index is 8.53. The van der Waals surface area contributed by atoms with Gasteiger partial charge in [0.15, 0.2) is 0 Å². The molecule has 0 amide bonds. The highest BCUT2D eigenvalue weighted by molar-refractivity contribution is 5.28. The van der Waals surface area contributed by atoms with Crippen LogP contribution in [0.5, 0.6) is 0 Å². The molecule has 0 aromatic carbocycles. The Morgan fingerprint density at radius 1 is 1.06 bits per heavy atom. The van der Waals surface area contributed by atoms with Gasteiger partial charge in [-0.1, -0.05) is 47.1 Å². The molecular weight excluding hydrogens is 212 g/mol. The van der Waals surface area contributed by atoms with Crippen molar-refractivity contribution in [2.45, 2.75) is 48.0 Å². The summed E-state index contributed by atoms with van der Waals surface area (Å²) in [5.41, 5.74) is 11.8. The van der Waals surface area contributed by atoms with Crippen molar-refractivity contribution < 1.29 is 0 Å². The zero-order chi connectivity index (χ0) is 13.3. The van der Waals surface area contributed by atoms with Gasteiger partial charge in [0.2, 0.25) is 0 Å². The molecule has 0 bridgehead atoms. The Morgan fingerprint density at radius 3 is 2.00 bits per heavy atom. The Labute approximate surface area is 104 Å². The van der Waals surface area contributed by atoms with Gasteiger partial charge < -0.3 is 0 Å². The van der Waals surface area contributed by atoms with Crippen molar-refractivity contribution in [3.05, 3.63) is 21.6 Å². The molecule has 4 nitrogen and oxygen atoms in total. The Hall–Kier alpha value is -1.15. The molecule has 17 heavy (non-hydrogen) atoms. The number of nitrogens with zero attached hydrogens (tertiary/aromatic N) is 4. The molecule has 1 rings (SSSR count). The minimum Gasteiger partial charge on any atom is -0.244 e. The van der Waals surface area contributed by atoms with Crippen molar-refractivity contribution in [3.63, 3.8) is 0 Å². The van der Waals surface area contributed by atoms with Gasteiger partial charge in [0.05, 0.1) is 6.54 Å². The molecule has 0 saturated heterocycles. The Bertz CT molecular complexity index is 362. The van der Waals surface area contributed by atoms with Crippen molar-refractivity contribution in [2.75, 3.05) is 13.1 Å². The molecule has 96 valence electrons. The molecule has 0 spiro atoms. The van der Waals surface area contributed by atoms with Crippen molar-refractivity contribution in [1.29, 1.82) is 0 Å². The van der Waals surface area contributed by atoms with Crippen LogP contribution < -0.4 is 0 Å². The first kappa shape index (κ1) is 13.9. The minimum absolute atomic E-state index is 0.131. The van der Waals surface area contributed by atoms with Gasteiger partial charge in [0.25, 0.3) is 0 Å². The highest BCUT2D eigenvalue weighted by Gasteiger charge is 2.33. The molecule has 0 N–H and O–H groups in total. The lowest BCUT2D eigenvalue weighted by Crippen LogP contribution is -2.35. The van der Waals surface area contributed by atoms with Crippen molar-refractivity contribution in [3.8, 4) is 0 Å². The van der Waals surface area contributed by atoms with E-state index in [9.17, 15) is 0 Å². The lowest BCUT2D eigenvalue weighted by molar-refractivity contribution is 0.249. The third kappa shape index (κ3) is 3.40. The van der Waals surface area contributed by atoms with Crippen LogP contribution in [-0.4, -0.2) is 18.1 Å². The van der Waals surface area contributed by atoms with Gasteiger partial charge in [0.1, 0.15) is 6.54 Å². The molecule has 0 aromatic rings. The van der Waals surface area contributed by atoms with E-state index >= 15 is 0 Å². The summed E-state index contributed by atoms with van der Waals surface area (Å²) in [5.74, 6) is 0. The average Bonchev–Trinajstić information content (AvgIpc) is 2.15. The zero-order valence-electron chi connectivity index (χ0n) is 11.9. The number of hydrogen-bond donors (Lipinski definition) is 0. The summed E-state index contributed by atoms with van der Waals surface area (Å²) >= 11 is 0. The van der Waals surface area contributed by atoms with Gasteiger partial charge in [-0.2, -0.15) is 4.91 Å². The topological polar surface area (TPSA) is 52.0 Å². The second-order valence-corrected chi connectivity index (χ2v) is 6.77. The lowest BCUT2D eigenvalue weighted by Gasteiger charge is -2.38. The lowest BCUT2D eigenvalue weighted by atomic mass is 9.72. The van der Waals surface area contributed by atoms with Crippen LogP contribution in [0.25, 0.3) is 10.4 Å². The van der Waals surface area contributed by atoms with Gasteiger partial charge in [-0.3, -0.25) is 0 Å². The first-order valence-electron chi connectivity index (χ1n) is 6.19. The smallest absolute Gasteiger partial charge is 0.111 e. The molecule has 1 heterocycles. The molecule has 0 fully saturated rings. The molecular formula is C13H24N4. The number of rotatable bonds is 1. The number of azide groups is 1. The van der Waals surface area contributed by atoms with E-state index in [0.29, 0.717) is 0 Å². The van der Waals surface area contributed by atoms with Crippen molar-refractivity contribution >= 4 is 0 Å². The highest BCUT2D eigenvalue weighted by Crippen LogP contribution is 2.40. The van der Waals surface area contributed by atoms with Gasteiger partial charge >= 0.3 is 0 Å². The highest BCUT2D eigenvalue weighted by atomic mass is 15.5. The minimum atomic E-state index is 0.131. The summed E-state index contributed by atoms with van der Waals surface area (Å²) in [6, 6.07) is 0. The largest absolute Gasteiger partial charge is 0.244 e. The second kappa shape index (κ2) is 4.61. The molecule has 0 saturated carbocycles. The molecule has 0 atom stereocenters. The van der Waals surface area contributed by atoms with E-state index in [0.717, 1.165) is 19.5 Å². The van der Waals surface area contributed by atoms with E-state index in [1.807, 2.05) is 5.01 Å². The van der Waals surface area contributed by atoms with Crippen LogP contribution in [0.3, 0.4) is 0 Å². The summed E-state index contributed by atoms with van der Waals surface area (Å²) in [7, 11) is 0. The normalized spacial score (nSPS) is 18.1. The predicted octanol–water partition coefficient (Wildman–Crippen LogP) is 4.31. The van der Waals surface area contributed by atoms with E-state index < -0.39 is 0 Å². The van der Waals surface area contributed by atoms with Crippen LogP contribution in [0.2, 0.25) is 0 Å². The van der Waals surface area contributed by atoms with Crippen molar-refractivity contribution in [1.82, 2.24) is 5.01 Å². The van der Waals surface area contributed by atoms with E-state index in [1.165, 1.54) is 11.1 Å². The second-order valence-electron chi connectivity index (χ2n) is 6.77. The van der Waals surface area contributed by atoms with Crippen LogP contribution in [0.15, 0.2) is 16.4 Å². The van der Waals surface area contributed by atoms with Gasteiger partial charge in [-0.05, 0) is 21.6 Å². The van der Waals surface area contributed by atoms with E-state index in [2.05, 4.69) is 51.7 Å². The summed E-state index contributed by atoms with van der Waals surface area (Å²) < 4.78 is 0. The average molecular weight is 236 g/mol. The van der Waals surface area contributed by atoms with Crippen LogP contribution in [-0.2, 0) is 0 Å². The van der Waals surface area contributed by atoms with Crippen LogP contribution in [0, 0.1) is 10.8 Å². The molecule has 1 aliphatic rings. The Morgan fingerprint density at radius 2 is 1.59 bits per heavy atom. The van der Waals surface area contributed by atoms with Gasteiger partial charge in [-0.25, -0.2) is 5.01 Å². The predicted molar refractivity (Wildman–Crippen MR) is 71.3 cm³/mol. The third-order valence-corrected chi connectivity index (χ3v) is 3.30. The standard InChI is InChI=1S/C13H24N4/c1-12(2,3)10-7-8-17(16-15-14)9-11(10)13(4,5)6/h7-9H2,1-6H3. The molecule has 0 aliphatic carbocycles. The molecule has 1 aliphatic heterocycles. The SMILES string of the molecule is CC(C)(C)C1=C(C(C)(C)C)CN(N=[N+]=[N-])CC1. The molecule has 0 unspecified atom stereocenters. The first-order valence-corrected chi connectivity index (χ1v) is 6.19. The van der Waals surface area contributed by atoms with E-state index in [1.54, 1.807) is 0 Å². The maximum Gasteiger partial charge on any atom is 0.111 e. The van der Waals surface area contributed by atoms with Crippen LogP contribution >= 0.6 is 0 Å². The van der Waals surface area contributed by atoms with E-state index in [-0.39, 0.29) is 10.8 Å².